The Kier molecular flexibility index (Phi) is 7.79. The molecule has 1 aliphatic rings. The van der Waals surface area contributed by atoms with E-state index in [4.69, 9.17) is 9.47 Å². The van der Waals surface area contributed by atoms with Gasteiger partial charge in [-0.3, -0.25) is 0 Å². The largest absolute Gasteiger partial charge is 0.495 e. The third-order valence-electron chi connectivity index (χ3n) is 6.33. The van der Waals surface area contributed by atoms with Gasteiger partial charge in [0.25, 0.3) is 0 Å². The van der Waals surface area contributed by atoms with Gasteiger partial charge in [0, 0.05) is 35.3 Å². The minimum Gasteiger partial charge on any atom is -0.495 e. The maximum absolute atomic E-state index is 13.1. The lowest BCUT2D eigenvalue weighted by molar-refractivity contribution is 0.262. The molecule has 3 aromatic carbocycles. The number of amides is 2. The van der Waals surface area contributed by atoms with E-state index < -0.39 is 10.0 Å². The van der Waals surface area contributed by atoms with Crippen molar-refractivity contribution in [1.29, 1.82) is 0 Å². The number of aromatic nitrogens is 2. The third-order valence-corrected chi connectivity index (χ3v) is 7.53. The fraction of sp³-hybridized carbons (Fsp3) is 0.300. The third kappa shape index (κ3) is 7.11. The lowest BCUT2D eigenvalue weighted by Gasteiger charge is -2.25. The van der Waals surface area contributed by atoms with E-state index in [0.717, 1.165) is 28.6 Å². The Morgan fingerprint density at radius 3 is 2.44 bits per heavy atom. The first-order chi connectivity index (χ1) is 18.8. The molecule has 1 heterocycles. The summed E-state index contributed by atoms with van der Waals surface area (Å²) in [5.41, 5.74) is 2.46. The summed E-state index contributed by atoms with van der Waals surface area (Å²) in [6.07, 6.45) is 11.0. The summed E-state index contributed by atoms with van der Waals surface area (Å²) in [4.78, 5) is 21.9. The van der Waals surface area contributed by atoms with Crippen LogP contribution in [0.5, 0.6) is 17.4 Å². The van der Waals surface area contributed by atoms with Crippen molar-refractivity contribution in [3.05, 3.63) is 72.4 Å². The molecule has 0 unspecified atom stereocenters. The Bertz CT molecular complexity index is 1480. The quantitative estimate of drug-likeness (QED) is 0.197. The molecule has 1 aromatic heterocycles. The summed E-state index contributed by atoms with van der Waals surface area (Å²) in [7, 11) is 0.860. The van der Waals surface area contributed by atoms with Gasteiger partial charge in [0.15, 0.2) is 0 Å². The van der Waals surface area contributed by atoms with E-state index in [-0.39, 0.29) is 6.03 Å². The second-order valence-corrected chi connectivity index (χ2v) is 15.1. The minimum absolute atomic E-state index is 0.352. The number of urea groups is 1. The first-order valence-electron chi connectivity index (χ1n) is 12.9. The summed E-state index contributed by atoms with van der Waals surface area (Å²) in [6.45, 7) is 0.878. The number of carbonyl (C=O) groups excluding carboxylic acids is 1. The first kappa shape index (κ1) is 26.6. The van der Waals surface area contributed by atoms with E-state index in [1.807, 2.05) is 48.5 Å². The van der Waals surface area contributed by atoms with Crippen LogP contribution in [0, 0.1) is 5.92 Å². The standard InChI is InChI=1S/C30H35N5O3S/c1-37-27-13-11-21(19-39(2,3)4)17-25(27)34-30(36)33-24-12-14-26(23-8-6-5-7-22(23)24)38-28-15-16-31-29(35-28)32-18-20-9-10-20/h5-8,11-17,20H,9-10,18-19H2,1-4H3,(H,31,32,35)(H2,33,34,36). The Labute approximate surface area is 230 Å². The molecule has 0 spiro atoms. The summed E-state index contributed by atoms with van der Waals surface area (Å²) in [6, 6.07) is 18.8. The molecule has 0 bridgehead atoms. The molecule has 3 N–H and O–H groups in total. The zero-order valence-electron chi connectivity index (χ0n) is 22.8. The second-order valence-electron chi connectivity index (χ2n) is 10.7. The maximum atomic E-state index is 13.1. The first-order valence-corrected chi connectivity index (χ1v) is 16.0. The van der Waals surface area contributed by atoms with Gasteiger partial charge in [-0.25, -0.2) is 19.8 Å². The van der Waals surface area contributed by atoms with Gasteiger partial charge in [-0.15, -0.1) is 0 Å². The average Bonchev–Trinajstić information content (AvgIpc) is 3.73. The van der Waals surface area contributed by atoms with Gasteiger partial charge in [-0.1, -0.05) is 30.3 Å². The average molecular weight is 546 g/mol. The van der Waals surface area contributed by atoms with Crippen LogP contribution in [0.1, 0.15) is 18.4 Å². The Balaban J connectivity index is 1.33. The van der Waals surface area contributed by atoms with Crippen molar-refractivity contribution >= 4 is 44.2 Å². The predicted octanol–water partition coefficient (Wildman–Crippen LogP) is 7.09. The summed E-state index contributed by atoms with van der Waals surface area (Å²) in [5.74, 6) is 3.95. The lowest BCUT2D eigenvalue weighted by atomic mass is 10.1. The number of anilines is 3. The number of hydrogen-bond donors (Lipinski definition) is 3. The predicted molar refractivity (Wildman–Crippen MR) is 162 cm³/mol. The number of fused-ring (bicyclic) bond motifs is 1. The fourth-order valence-electron chi connectivity index (χ4n) is 4.34. The monoisotopic (exact) mass is 545 g/mol. The summed E-state index contributed by atoms with van der Waals surface area (Å²) in [5, 5.41) is 10.9. The van der Waals surface area contributed by atoms with Crippen molar-refractivity contribution < 1.29 is 14.3 Å². The molecule has 9 heteroatoms. The molecule has 1 aliphatic carbocycles. The molecule has 0 aliphatic heterocycles. The van der Waals surface area contributed by atoms with Crippen molar-refractivity contribution in [2.24, 2.45) is 5.92 Å². The zero-order chi connectivity index (χ0) is 27.4. The number of nitrogens with one attached hydrogen (secondary N) is 3. The van der Waals surface area contributed by atoms with E-state index in [1.165, 1.54) is 12.8 Å². The molecule has 204 valence electrons. The number of ether oxygens (including phenoxy) is 2. The molecule has 0 radical (unpaired) electrons. The van der Waals surface area contributed by atoms with Gasteiger partial charge in [-0.2, -0.15) is 4.98 Å². The molecule has 4 aromatic rings. The molecule has 0 saturated heterocycles. The van der Waals surface area contributed by atoms with Crippen LogP contribution in [-0.2, 0) is 5.75 Å². The zero-order valence-corrected chi connectivity index (χ0v) is 23.6. The highest BCUT2D eigenvalue weighted by molar-refractivity contribution is 8.31. The summed E-state index contributed by atoms with van der Waals surface area (Å²) >= 11 is 0. The lowest BCUT2D eigenvalue weighted by Crippen LogP contribution is -2.20. The Morgan fingerprint density at radius 1 is 0.949 bits per heavy atom. The van der Waals surface area contributed by atoms with Crippen LogP contribution in [0.15, 0.2) is 66.9 Å². The molecule has 5 rings (SSSR count). The van der Waals surface area contributed by atoms with Crippen LogP contribution in [0.3, 0.4) is 0 Å². The minimum atomic E-state index is -0.741. The molecule has 2 amide bonds. The van der Waals surface area contributed by atoms with Crippen molar-refractivity contribution in [2.45, 2.75) is 18.6 Å². The van der Waals surface area contributed by atoms with Gasteiger partial charge in [0.05, 0.1) is 18.5 Å². The summed E-state index contributed by atoms with van der Waals surface area (Å²) < 4.78 is 11.7. The van der Waals surface area contributed by atoms with Crippen LogP contribution in [-0.4, -0.2) is 48.4 Å². The highest BCUT2D eigenvalue weighted by Gasteiger charge is 2.21. The van der Waals surface area contributed by atoms with E-state index in [1.54, 1.807) is 19.4 Å². The van der Waals surface area contributed by atoms with Gasteiger partial charge < -0.3 is 25.4 Å². The highest BCUT2D eigenvalue weighted by Crippen LogP contribution is 2.40. The smallest absolute Gasteiger partial charge is 0.323 e. The van der Waals surface area contributed by atoms with Crippen LogP contribution >= 0.6 is 10.0 Å². The number of nitrogens with zero attached hydrogens (tertiary/aromatic N) is 2. The van der Waals surface area contributed by atoms with Crippen molar-refractivity contribution in [3.8, 4) is 17.4 Å². The van der Waals surface area contributed by atoms with Gasteiger partial charge in [0.2, 0.25) is 11.8 Å². The van der Waals surface area contributed by atoms with Gasteiger partial charge in [0.1, 0.15) is 11.5 Å². The van der Waals surface area contributed by atoms with E-state index in [2.05, 4.69) is 50.8 Å². The number of hydrogen-bond acceptors (Lipinski definition) is 6. The Hall–Kier alpha value is -3.98. The second kappa shape index (κ2) is 11.4. The number of methoxy groups -OCH3 is 1. The van der Waals surface area contributed by atoms with Gasteiger partial charge >= 0.3 is 6.03 Å². The molecular weight excluding hydrogens is 510 g/mol. The SMILES string of the molecule is COc1ccc(CS(C)(C)C)cc1NC(=O)Nc1ccc(Oc2ccnc(NCC3CC3)n2)c2ccccc12. The topological polar surface area (TPSA) is 97.4 Å². The highest BCUT2D eigenvalue weighted by atomic mass is 32.3. The molecule has 1 saturated carbocycles. The Morgan fingerprint density at radius 2 is 1.69 bits per heavy atom. The number of benzene rings is 3. The number of carbonyl (C=O) groups is 1. The van der Waals surface area contributed by atoms with Crippen LogP contribution in [0.4, 0.5) is 22.1 Å². The van der Waals surface area contributed by atoms with Crippen LogP contribution < -0.4 is 25.4 Å². The maximum Gasteiger partial charge on any atom is 0.323 e. The molecular formula is C30H35N5O3S. The van der Waals surface area contributed by atoms with Gasteiger partial charge in [-0.05, 0) is 67.4 Å². The molecule has 1 fully saturated rings. The molecule has 39 heavy (non-hydrogen) atoms. The fourth-order valence-corrected chi connectivity index (χ4v) is 5.52. The normalized spacial score (nSPS) is 13.5. The van der Waals surface area contributed by atoms with Crippen molar-refractivity contribution in [2.75, 3.05) is 48.4 Å². The molecule has 8 nitrogen and oxygen atoms in total. The van der Waals surface area contributed by atoms with E-state index in [9.17, 15) is 4.79 Å². The van der Waals surface area contributed by atoms with E-state index in [0.29, 0.717) is 40.6 Å². The molecule has 0 atom stereocenters. The van der Waals surface area contributed by atoms with E-state index >= 15 is 0 Å². The van der Waals surface area contributed by atoms with Crippen LogP contribution in [0.2, 0.25) is 0 Å². The van der Waals surface area contributed by atoms with Crippen LogP contribution in [0.25, 0.3) is 10.8 Å². The van der Waals surface area contributed by atoms with Crippen molar-refractivity contribution in [1.82, 2.24) is 9.97 Å². The number of rotatable bonds is 10. The van der Waals surface area contributed by atoms with Crippen molar-refractivity contribution in [3.63, 3.8) is 0 Å².